The number of nitrogens with zero attached hydrogens (tertiary/aromatic N) is 3. The number of ether oxygens (including phenoxy) is 1. The molecular weight excluding hydrogens is 252 g/mol. The van der Waals surface area contributed by atoms with Gasteiger partial charge in [-0.3, -0.25) is 9.69 Å². The third kappa shape index (κ3) is 4.01. The molecule has 0 bridgehead atoms. The summed E-state index contributed by atoms with van der Waals surface area (Å²) in [4.78, 5) is 14.0. The maximum absolute atomic E-state index is 11.7. The van der Waals surface area contributed by atoms with Gasteiger partial charge in [-0.1, -0.05) is 18.3 Å². The van der Waals surface area contributed by atoms with Gasteiger partial charge in [0.25, 0.3) is 0 Å². The lowest BCUT2D eigenvalue weighted by Gasteiger charge is -2.26. The second-order valence-electron chi connectivity index (χ2n) is 4.11. The topological polar surface area (TPSA) is 67.4 Å². The standard InChI is InChI=1S/C11H18N4O2S/c1-2-10-13-14-11(18-10)12-9(16)3-4-15-5-7-17-8-6-15/h2-8H2,1H3,(H,12,14,16). The van der Waals surface area contributed by atoms with E-state index in [1.165, 1.54) is 11.3 Å². The summed E-state index contributed by atoms with van der Waals surface area (Å²) in [6.07, 6.45) is 1.34. The van der Waals surface area contributed by atoms with Crippen LogP contribution in [0.1, 0.15) is 18.4 Å². The normalized spacial score (nSPS) is 16.7. The number of aryl methyl sites for hydroxylation is 1. The van der Waals surface area contributed by atoms with Crippen molar-refractivity contribution < 1.29 is 9.53 Å². The van der Waals surface area contributed by atoms with E-state index in [4.69, 9.17) is 4.74 Å². The van der Waals surface area contributed by atoms with Crippen molar-refractivity contribution >= 4 is 22.4 Å². The Labute approximate surface area is 110 Å². The minimum absolute atomic E-state index is 0.000273. The number of morpholine rings is 1. The van der Waals surface area contributed by atoms with E-state index in [1.807, 2.05) is 6.92 Å². The largest absolute Gasteiger partial charge is 0.379 e. The van der Waals surface area contributed by atoms with Crippen molar-refractivity contribution in [2.75, 3.05) is 38.2 Å². The minimum atomic E-state index is 0.000273. The predicted molar refractivity (Wildman–Crippen MR) is 69.8 cm³/mol. The summed E-state index contributed by atoms with van der Waals surface area (Å²) in [6, 6.07) is 0. The Balaban J connectivity index is 1.71. The van der Waals surface area contributed by atoms with Crippen molar-refractivity contribution in [1.29, 1.82) is 0 Å². The molecule has 1 N–H and O–H groups in total. The number of hydrogen-bond acceptors (Lipinski definition) is 6. The molecule has 100 valence electrons. The lowest BCUT2D eigenvalue weighted by Crippen LogP contribution is -2.38. The van der Waals surface area contributed by atoms with Crippen LogP contribution in [0.5, 0.6) is 0 Å². The first-order valence-corrected chi connectivity index (χ1v) is 7.02. The molecule has 18 heavy (non-hydrogen) atoms. The van der Waals surface area contributed by atoms with Gasteiger partial charge in [0, 0.05) is 26.1 Å². The Morgan fingerprint density at radius 2 is 2.22 bits per heavy atom. The first kappa shape index (κ1) is 13.4. The van der Waals surface area contributed by atoms with E-state index in [2.05, 4.69) is 20.4 Å². The van der Waals surface area contributed by atoms with Gasteiger partial charge in [-0.2, -0.15) is 0 Å². The van der Waals surface area contributed by atoms with Crippen LogP contribution < -0.4 is 5.32 Å². The fourth-order valence-electron chi connectivity index (χ4n) is 1.71. The van der Waals surface area contributed by atoms with Crippen molar-refractivity contribution in [2.45, 2.75) is 19.8 Å². The highest BCUT2D eigenvalue weighted by molar-refractivity contribution is 7.15. The highest BCUT2D eigenvalue weighted by Gasteiger charge is 2.13. The Morgan fingerprint density at radius 1 is 1.44 bits per heavy atom. The number of anilines is 1. The molecule has 1 fully saturated rings. The molecule has 7 heteroatoms. The lowest BCUT2D eigenvalue weighted by atomic mass is 10.3. The average Bonchev–Trinajstić information content (AvgIpc) is 2.85. The Hall–Kier alpha value is -1.05. The molecule has 1 aromatic heterocycles. The summed E-state index contributed by atoms with van der Waals surface area (Å²) >= 11 is 1.43. The van der Waals surface area contributed by atoms with Crippen LogP contribution in [0, 0.1) is 0 Å². The summed E-state index contributed by atoms with van der Waals surface area (Å²) in [5.74, 6) is 0.000273. The molecule has 0 saturated carbocycles. The van der Waals surface area contributed by atoms with Crippen LogP contribution in [-0.4, -0.2) is 53.9 Å². The van der Waals surface area contributed by atoms with Gasteiger partial charge < -0.3 is 10.1 Å². The molecular formula is C11H18N4O2S. The maximum Gasteiger partial charge on any atom is 0.227 e. The van der Waals surface area contributed by atoms with E-state index in [9.17, 15) is 4.79 Å². The van der Waals surface area contributed by atoms with Crippen molar-refractivity contribution in [3.63, 3.8) is 0 Å². The van der Waals surface area contributed by atoms with E-state index in [0.29, 0.717) is 11.6 Å². The van der Waals surface area contributed by atoms with Crippen LogP contribution in [0.3, 0.4) is 0 Å². The Bertz CT molecular complexity index is 390. The molecule has 1 aliphatic rings. The van der Waals surface area contributed by atoms with Gasteiger partial charge in [-0.25, -0.2) is 0 Å². The molecule has 2 heterocycles. The number of hydrogen-bond donors (Lipinski definition) is 1. The van der Waals surface area contributed by atoms with Crippen LogP contribution in [-0.2, 0) is 16.0 Å². The van der Waals surface area contributed by atoms with Crippen LogP contribution >= 0.6 is 11.3 Å². The Morgan fingerprint density at radius 3 is 2.89 bits per heavy atom. The molecule has 1 aromatic rings. The molecule has 1 saturated heterocycles. The zero-order chi connectivity index (χ0) is 12.8. The molecule has 6 nitrogen and oxygen atoms in total. The number of carbonyl (C=O) groups is 1. The third-order valence-corrected chi connectivity index (χ3v) is 3.76. The molecule has 1 aliphatic heterocycles. The van der Waals surface area contributed by atoms with Crippen molar-refractivity contribution in [3.05, 3.63) is 5.01 Å². The van der Waals surface area contributed by atoms with Gasteiger partial charge in [0.15, 0.2) is 0 Å². The zero-order valence-electron chi connectivity index (χ0n) is 10.5. The molecule has 0 atom stereocenters. The molecule has 0 aliphatic carbocycles. The molecule has 0 unspecified atom stereocenters. The molecule has 0 aromatic carbocycles. The monoisotopic (exact) mass is 270 g/mol. The van der Waals surface area contributed by atoms with E-state index in [-0.39, 0.29) is 5.91 Å². The number of rotatable bonds is 5. The van der Waals surface area contributed by atoms with Crippen LogP contribution in [0.2, 0.25) is 0 Å². The van der Waals surface area contributed by atoms with Gasteiger partial charge in [-0.15, -0.1) is 10.2 Å². The molecule has 1 amide bonds. The number of amides is 1. The maximum atomic E-state index is 11.7. The smallest absolute Gasteiger partial charge is 0.227 e. The van der Waals surface area contributed by atoms with E-state index in [1.54, 1.807) is 0 Å². The molecule has 0 radical (unpaired) electrons. The summed E-state index contributed by atoms with van der Waals surface area (Å²) < 4.78 is 5.26. The minimum Gasteiger partial charge on any atom is -0.379 e. The summed E-state index contributed by atoms with van der Waals surface area (Å²) in [7, 11) is 0. The predicted octanol–water partition coefficient (Wildman–Crippen LogP) is 0.761. The van der Waals surface area contributed by atoms with E-state index >= 15 is 0 Å². The van der Waals surface area contributed by atoms with Gasteiger partial charge in [-0.05, 0) is 6.42 Å². The summed E-state index contributed by atoms with van der Waals surface area (Å²) in [6.45, 7) is 6.13. The second-order valence-corrected chi connectivity index (χ2v) is 5.17. The Kier molecular flexibility index (Phi) is 5.03. The van der Waals surface area contributed by atoms with Crippen molar-refractivity contribution in [2.24, 2.45) is 0 Å². The first-order chi connectivity index (χ1) is 8.78. The summed E-state index contributed by atoms with van der Waals surface area (Å²) in [5, 5.41) is 12.2. The highest BCUT2D eigenvalue weighted by Crippen LogP contribution is 2.15. The quantitative estimate of drug-likeness (QED) is 0.855. The fraction of sp³-hybridized carbons (Fsp3) is 0.727. The number of nitrogens with one attached hydrogen (secondary N) is 1. The van der Waals surface area contributed by atoms with Gasteiger partial charge in [0.2, 0.25) is 11.0 Å². The van der Waals surface area contributed by atoms with Gasteiger partial charge in [0.1, 0.15) is 5.01 Å². The lowest BCUT2D eigenvalue weighted by molar-refractivity contribution is -0.116. The first-order valence-electron chi connectivity index (χ1n) is 6.20. The SMILES string of the molecule is CCc1nnc(NC(=O)CCN2CCOCC2)s1. The summed E-state index contributed by atoms with van der Waals surface area (Å²) in [5.41, 5.74) is 0. The van der Waals surface area contributed by atoms with E-state index in [0.717, 1.165) is 44.3 Å². The average molecular weight is 270 g/mol. The number of carbonyl (C=O) groups excluding carboxylic acids is 1. The van der Waals surface area contributed by atoms with Gasteiger partial charge in [0.05, 0.1) is 13.2 Å². The fourth-order valence-corrected chi connectivity index (χ4v) is 2.41. The molecule has 2 rings (SSSR count). The van der Waals surface area contributed by atoms with Crippen LogP contribution in [0.15, 0.2) is 0 Å². The number of aromatic nitrogens is 2. The van der Waals surface area contributed by atoms with Crippen LogP contribution in [0.25, 0.3) is 0 Å². The van der Waals surface area contributed by atoms with E-state index < -0.39 is 0 Å². The van der Waals surface area contributed by atoms with Crippen LogP contribution in [0.4, 0.5) is 5.13 Å². The van der Waals surface area contributed by atoms with Crippen molar-refractivity contribution in [3.8, 4) is 0 Å². The molecule has 0 spiro atoms. The second kappa shape index (κ2) is 6.77. The van der Waals surface area contributed by atoms with Gasteiger partial charge >= 0.3 is 0 Å². The highest BCUT2D eigenvalue weighted by atomic mass is 32.1. The third-order valence-electron chi connectivity index (χ3n) is 2.77. The van der Waals surface area contributed by atoms with Crippen molar-refractivity contribution in [1.82, 2.24) is 15.1 Å². The zero-order valence-corrected chi connectivity index (χ0v) is 11.3.